The lowest BCUT2D eigenvalue weighted by atomic mass is 10.2. The molecule has 0 radical (unpaired) electrons. The maximum Gasteiger partial charge on any atom is 0.253 e. The molecule has 128 valence electrons. The lowest BCUT2D eigenvalue weighted by molar-refractivity contribution is -0.116. The zero-order valence-corrected chi connectivity index (χ0v) is 15.3. The van der Waals surface area contributed by atoms with Gasteiger partial charge in [-0.3, -0.25) is 4.79 Å². The summed E-state index contributed by atoms with van der Waals surface area (Å²) in [6, 6.07) is 8.08. The topological polar surface area (TPSA) is 63.4 Å². The molecule has 1 amide bonds. The molecular formula is C18H19N5OS. The van der Waals surface area contributed by atoms with Crippen molar-refractivity contribution >= 4 is 29.1 Å². The number of para-hydroxylation sites is 1. The van der Waals surface area contributed by atoms with Crippen LogP contribution in [0.2, 0.25) is 0 Å². The van der Waals surface area contributed by atoms with Crippen molar-refractivity contribution in [1.29, 1.82) is 0 Å². The molecule has 2 aromatic heterocycles. The second-order valence-corrected chi connectivity index (χ2v) is 7.17. The summed E-state index contributed by atoms with van der Waals surface area (Å²) in [4.78, 5) is 23.4. The normalized spacial score (nSPS) is 13.5. The monoisotopic (exact) mass is 353 g/mol. The Morgan fingerprint density at radius 2 is 2.00 bits per heavy atom. The SMILES string of the molecule is Cc1nc2nc(SCC(=O)N3CCc4ccccc43)nn2c(C)c1C. The number of fused-ring (bicyclic) bond motifs is 2. The number of carbonyl (C=O) groups is 1. The molecule has 1 aromatic carbocycles. The number of amides is 1. The van der Waals surface area contributed by atoms with Crippen molar-refractivity contribution in [2.75, 3.05) is 17.2 Å². The molecule has 0 fully saturated rings. The summed E-state index contributed by atoms with van der Waals surface area (Å²) in [7, 11) is 0. The maximum atomic E-state index is 12.6. The minimum absolute atomic E-state index is 0.0887. The highest BCUT2D eigenvalue weighted by Crippen LogP contribution is 2.28. The summed E-state index contributed by atoms with van der Waals surface area (Å²) in [5.74, 6) is 0.996. The van der Waals surface area contributed by atoms with Gasteiger partial charge in [0.25, 0.3) is 5.78 Å². The van der Waals surface area contributed by atoms with Gasteiger partial charge in [0.15, 0.2) is 0 Å². The van der Waals surface area contributed by atoms with Gasteiger partial charge in [-0.15, -0.1) is 5.10 Å². The third kappa shape index (κ3) is 2.78. The molecule has 6 nitrogen and oxygen atoms in total. The second kappa shape index (κ2) is 6.15. The molecule has 0 atom stereocenters. The molecule has 1 aliphatic rings. The van der Waals surface area contributed by atoms with Gasteiger partial charge in [-0.25, -0.2) is 9.50 Å². The van der Waals surface area contributed by atoms with Crippen molar-refractivity contribution < 1.29 is 4.79 Å². The maximum absolute atomic E-state index is 12.6. The zero-order chi connectivity index (χ0) is 17.6. The van der Waals surface area contributed by atoms with E-state index in [9.17, 15) is 4.79 Å². The molecule has 0 spiro atoms. The molecule has 1 aliphatic heterocycles. The third-order valence-corrected chi connectivity index (χ3v) is 5.58. The van der Waals surface area contributed by atoms with E-state index in [1.165, 1.54) is 17.3 Å². The van der Waals surface area contributed by atoms with Crippen LogP contribution in [0.3, 0.4) is 0 Å². The van der Waals surface area contributed by atoms with E-state index in [1.807, 2.05) is 43.9 Å². The van der Waals surface area contributed by atoms with E-state index in [0.717, 1.165) is 35.6 Å². The number of nitrogens with zero attached hydrogens (tertiary/aromatic N) is 5. The first-order chi connectivity index (χ1) is 12.0. The number of thioether (sulfide) groups is 1. The molecule has 0 saturated heterocycles. The van der Waals surface area contributed by atoms with Crippen LogP contribution in [0.25, 0.3) is 5.78 Å². The highest BCUT2D eigenvalue weighted by molar-refractivity contribution is 7.99. The van der Waals surface area contributed by atoms with E-state index in [2.05, 4.69) is 21.1 Å². The zero-order valence-electron chi connectivity index (χ0n) is 14.5. The lowest BCUT2D eigenvalue weighted by Crippen LogP contribution is -2.30. The van der Waals surface area contributed by atoms with E-state index in [0.29, 0.717) is 16.7 Å². The van der Waals surface area contributed by atoms with Crippen molar-refractivity contribution in [1.82, 2.24) is 19.6 Å². The minimum Gasteiger partial charge on any atom is -0.311 e. The van der Waals surface area contributed by atoms with Gasteiger partial charge < -0.3 is 4.90 Å². The Hall–Kier alpha value is -2.41. The molecule has 0 saturated carbocycles. The Morgan fingerprint density at radius 3 is 2.84 bits per heavy atom. The fourth-order valence-electron chi connectivity index (χ4n) is 3.10. The minimum atomic E-state index is 0.0887. The largest absolute Gasteiger partial charge is 0.311 e. The van der Waals surface area contributed by atoms with Crippen molar-refractivity contribution in [3.05, 3.63) is 46.8 Å². The van der Waals surface area contributed by atoms with Gasteiger partial charge in [-0.05, 0) is 44.4 Å². The molecule has 4 rings (SSSR count). The molecule has 0 N–H and O–H groups in total. The first-order valence-corrected chi connectivity index (χ1v) is 9.25. The fourth-order valence-corrected chi connectivity index (χ4v) is 3.79. The van der Waals surface area contributed by atoms with Gasteiger partial charge in [0.05, 0.1) is 5.75 Å². The summed E-state index contributed by atoms with van der Waals surface area (Å²) in [6.07, 6.45) is 0.918. The van der Waals surface area contributed by atoms with Gasteiger partial charge in [-0.1, -0.05) is 30.0 Å². The number of anilines is 1. The van der Waals surface area contributed by atoms with E-state index < -0.39 is 0 Å². The smallest absolute Gasteiger partial charge is 0.253 e. The highest BCUT2D eigenvalue weighted by atomic mass is 32.2. The Morgan fingerprint density at radius 1 is 1.20 bits per heavy atom. The number of benzene rings is 1. The number of hydrogen-bond acceptors (Lipinski definition) is 5. The molecule has 0 bridgehead atoms. The average Bonchev–Trinajstić information content (AvgIpc) is 3.22. The number of carbonyl (C=O) groups excluding carboxylic acids is 1. The number of aryl methyl sites for hydroxylation is 2. The summed E-state index contributed by atoms with van der Waals surface area (Å²) in [5.41, 5.74) is 5.36. The van der Waals surface area contributed by atoms with E-state index in [1.54, 1.807) is 4.52 Å². The van der Waals surface area contributed by atoms with Crippen LogP contribution in [-0.2, 0) is 11.2 Å². The van der Waals surface area contributed by atoms with Crippen LogP contribution in [0.5, 0.6) is 0 Å². The molecule has 0 unspecified atom stereocenters. The average molecular weight is 353 g/mol. The number of aromatic nitrogens is 4. The van der Waals surface area contributed by atoms with Gasteiger partial charge in [0.2, 0.25) is 11.1 Å². The lowest BCUT2D eigenvalue weighted by Gasteiger charge is -2.16. The molecular weight excluding hydrogens is 334 g/mol. The Bertz CT molecular complexity index is 981. The van der Waals surface area contributed by atoms with E-state index >= 15 is 0 Å². The van der Waals surface area contributed by atoms with Crippen molar-refractivity contribution in [3.8, 4) is 0 Å². The molecule has 25 heavy (non-hydrogen) atoms. The first-order valence-electron chi connectivity index (χ1n) is 8.26. The van der Waals surface area contributed by atoms with Crippen LogP contribution in [-0.4, -0.2) is 37.8 Å². The predicted octanol–water partition coefficient (Wildman–Crippen LogP) is 2.73. The first kappa shape index (κ1) is 16.1. The standard InChI is InChI=1S/C18H19N5OS/c1-11-12(2)19-17-20-18(21-23(17)13(11)3)25-10-16(24)22-9-8-14-6-4-5-7-15(14)22/h4-7H,8-10H2,1-3H3. The molecule has 0 aliphatic carbocycles. The van der Waals surface area contributed by atoms with Gasteiger partial charge in [0, 0.05) is 23.6 Å². The third-order valence-electron chi connectivity index (χ3n) is 4.75. The summed E-state index contributed by atoms with van der Waals surface area (Å²) < 4.78 is 1.75. The van der Waals surface area contributed by atoms with Crippen molar-refractivity contribution in [2.24, 2.45) is 0 Å². The quantitative estimate of drug-likeness (QED) is 0.678. The summed E-state index contributed by atoms with van der Waals surface area (Å²) in [5, 5.41) is 5.08. The fraction of sp³-hybridized carbons (Fsp3) is 0.333. The Balaban J connectivity index is 1.51. The van der Waals surface area contributed by atoms with E-state index in [-0.39, 0.29) is 5.91 Å². The van der Waals surface area contributed by atoms with Crippen LogP contribution in [0.15, 0.2) is 29.4 Å². The highest BCUT2D eigenvalue weighted by Gasteiger charge is 2.24. The van der Waals surface area contributed by atoms with Gasteiger partial charge >= 0.3 is 0 Å². The molecule has 3 heterocycles. The van der Waals surface area contributed by atoms with Crippen LogP contribution in [0.1, 0.15) is 22.5 Å². The number of hydrogen-bond donors (Lipinski definition) is 0. The van der Waals surface area contributed by atoms with Crippen LogP contribution in [0, 0.1) is 20.8 Å². The summed E-state index contributed by atoms with van der Waals surface area (Å²) >= 11 is 1.36. The molecule has 7 heteroatoms. The second-order valence-electron chi connectivity index (χ2n) is 6.23. The van der Waals surface area contributed by atoms with Crippen LogP contribution in [0.4, 0.5) is 5.69 Å². The van der Waals surface area contributed by atoms with Crippen LogP contribution < -0.4 is 4.90 Å². The van der Waals surface area contributed by atoms with Crippen molar-refractivity contribution in [3.63, 3.8) is 0 Å². The Kier molecular flexibility index (Phi) is 3.95. The summed E-state index contributed by atoms with van der Waals surface area (Å²) in [6.45, 7) is 6.75. The van der Waals surface area contributed by atoms with Crippen molar-refractivity contribution in [2.45, 2.75) is 32.3 Å². The van der Waals surface area contributed by atoms with Gasteiger partial charge in [-0.2, -0.15) is 4.98 Å². The molecule has 3 aromatic rings. The van der Waals surface area contributed by atoms with E-state index in [4.69, 9.17) is 0 Å². The Labute approximate surface area is 150 Å². The predicted molar refractivity (Wildman–Crippen MR) is 98.2 cm³/mol. The van der Waals surface area contributed by atoms with Crippen LogP contribution >= 0.6 is 11.8 Å². The van der Waals surface area contributed by atoms with Gasteiger partial charge in [0.1, 0.15) is 0 Å². The number of rotatable bonds is 3.